The van der Waals surface area contributed by atoms with E-state index in [2.05, 4.69) is 10.0 Å². The topological polar surface area (TPSA) is 75.3 Å². The van der Waals surface area contributed by atoms with Crippen molar-refractivity contribution in [2.45, 2.75) is 24.8 Å². The van der Waals surface area contributed by atoms with Gasteiger partial charge in [0, 0.05) is 15.7 Å². The molecule has 0 spiro atoms. The van der Waals surface area contributed by atoms with Crippen LogP contribution in [0.1, 0.15) is 12.5 Å². The average Bonchev–Trinajstić information content (AvgIpc) is 2.46. The fourth-order valence-corrected chi connectivity index (χ4v) is 3.68. The van der Waals surface area contributed by atoms with Crippen LogP contribution in [0.5, 0.6) is 0 Å². The number of anilines is 1. The Balaban J connectivity index is 2.09. The number of amides is 1. The van der Waals surface area contributed by atoms with E-state index in [1.54, 1.807) is 12.1 Å². The van der Waals surface area contributed by atoms with Gasteiger partial charge < -0.3 is 5.32 Å². The molecule has 24 heavy (non-hydrogen) atoms. The normalized spacial score (nSPS) is 12.7. The van der Waals surface area contributed by atoms with Gasteiger partial charge >= 0.3 is 0 Å². The molecule has 0 fully saturated rings. The number of aryl methyl sites for hydroxylation is 1. The highest BCUT2D eigenvalue weighted by Gasteiger charge is 2.22. The predicted octanol–water partition coefficient (Wildman–Crippen LogP) is 3.61. The number of hydrogen-bond acceptors (Lipinski definition) is 3. The smallest absolute Gasteiger partial charge is 0.242 e. The Kier molecular flexibility index (Phi) is 5.87. The Morgan fingerprint density at radius 1 is 1.04 bits per heavy atom. The molecule has 0 saturated heterocycles. The van der Waals surface area contributed by atoms with Crippen LogP contribution in [0, 0.1) is 6.92 Å². The summed E-state index contributed by atoms with van der Waals surface area (Å²) in [5.74, 6) is -0.524. The molecule has 2 rings (SSSR count). The molecule has 0 aliphatic heterocycles. The molecular formula is C16H16Cl2N2O3S. The molecule has 0 radical (unpaired) electrons. The molecular weight excluding hydrogens is 371 g/mol. The molecule has 0 aromatic heterocycles. The molecule has 2 aromatic carbocycles. The van der Waals surface area contributed by atoms with Gasteiger partial charge in [-0.25, -0.2) is 8.42 Å². The third-order valence-corrected chi connectivity index (χ3v) is 5.18. The Morgan fingerprint density at radius 2 is 1.58 bits per heavy atom. The van der Waals surface area contributed by atoms with Gasteiger partial charge in [-0.3, -0.25) is 4.79 Å². The molecule has 0 saturated carbocycles. The molecule has 2 aromatic rings. The summed E-state index contributed by atoms with van der Waals surface area (Å²) in [6.07, 6.45) is 0. The summed E-state index contributed by atoms with van der Waals surface area (Å²) in [5.41, 5.74) is 1.33. The first-order valence-electron chi connectivity index (χ1n) is 7.03. The molecule has 1 amide bonds. The summed E-state index contributed by atoms with van der Waals surface area (Å²) in [5, 5.41) is 3.30. The molecule has 5 nitrogen and oxygen atoms in total. The van der Waals surface area contributed by atoms with Crippen molar-refractivity contribution in [2.24, 2.45) is 0 Å². The van der Waals surface area contributed by atoms with Gasteiger partial charge in [-0.05, 0) is 44.2 Å². The molecule has 0 bridgehead atoms. The zero-order valence-electron chi connectivity index (χ0n) is 13.0. The number of rotatable bonds is 5. The maximum Gasteiger partial charge on any atom is 0.242 e. The van der Waals surface area contributed by atoms with Crippen molar-refractivity contribution in [3.05, 3.63) is 58.1 Å². The third-order valence-electron chi connectivity index (χ3n) is 3.19. The molecule has 0 aliphatic carbocycles. The van der Waals surface area contributed by atoms with Crippen molar-refractivity contribution >= 4 is 44.8 Å². The molecule has 8 heteroatoms. The predicted molar refractivity (Wildman–Crippen MR) is 96.1 cm³/mol. The van der Waals surface area contributed by atoms with Crippen molar-refractivity contribution in [1.29, 1.82) is 0 Å². The summed E-state index contributed by atoms with van der Waals surface area (Å²) in [4.78, 5) is 12.3. The molecule has 128 valence electrons. The lowest BCUT2D eigenvalue weighted by Crippen LogP contribution is -2.41. The van der Waals surface area contributed by atoms with Crippen LogP contribution in [-0.2, 0) is 14.8 Å². The van der Waals surface area contributed by atoms with E-state index in [9.17, 15) is 13.2 Å². The van der Waals surface area contributed by atoms with Gasteiger partial charge in [0.15, 0.2) is 0 Å². The molecule has 0 unspecified atom stereocenters. The SMILES string of the molecule is Cc1ccc(S(=O)(=O)N[C@@H](C)C(=O)Nc2cc(Cl)cc(Cl)c2)cc1. The summed E-state index contributed by atoms with van der Waals surface area (Å²) in [6.45, 7) is 3.31. The Hall–Kier alpha value is -1.60. The maximum absolute atomic E-state index is 12.3. The van der Waals surface area contributed by atoms with Crippen LogP contribution < -0.4 is 10.0 Å². The van der Waals surface area contributed by atoms with Crippen LogP contribution in [0.4, 0.5) is 5.69 Å². The van der Waals surface area contributed by atoms with Gasteiger partial charge in [-0.15, -0.1) is 0 Å². The minimum Gasteiger partial charge on any atom is -0.325 e. The quantitative estimate of drug-likeness (QED) is 0.823. The summed E-state index contributed by atoms with van der Waals surface area (Å²) in [6, 6.07) is 9.94. The number of sulfonamides is 1. The van der Waals surface area contributed by atoms with E-state index in [1.807, 2.05) is 6.92 Å². The Labute approximate surface area is 151 Å². The number of benzene rings is 2. The minimum atomic E-state index is -3.79. The van der Waals surface area contributed by atoms with Gasteiger partial charge in [0.05, 0.1) is 10.9 Å². The first-order valence-corrected chi connectivity index (χ1v) is 9.27. The van der Waals surface area contributed by atoms with E-state index < -0.39 is 22.0 Å². The van der Waals surface area contributed by atoms with E-state index in [0.29, 0.717) is 15.7 Å². The molecule has 1 atom stereocenters. The van der Waals surface area contributed by atoms with Gasteiger partial charge in [-0.1, -0.05) is 40.9 Å². The minimum absolute atomic E-state index is 0.0959. The average molecular weight is 387 g/mol. The summed E-state index contributed by atoms with van der Waals surface area (Å²) >= 11 is 11.7. The van der Waals surface area contributed by atoms with Crippen LogP contribution in [-0.4, -0.2) is 20.4 Å². The van der Waals surface area contributed by atoms with E-state index in [-0.39, 0.29) is 4.90 Å². The van der Waals surface area contributed by atoms with Gasteiger partial charge in [0.2, 0.25) is 15.9 Å². The van der Waals surface area contributed by atoms with Crippen LogP contribution in [0.2, 0.25) is 10.0 Å². The fourth-order valence-electron chi connectivity index (χ4n) is 1.95. The van der Waals surface area contributed by atoms with Gasteiger partial charge in [0.1, 0.15) is 0 Å². The van der Waals surface area contributed by atoms with Gasteiger partial charge in [0.25, 0.3) is 0 Å². The number of halogens is 2. The van der Waals surface area contributed by atoms with Crippen molar-refractivity contribution in [2.75, 3.05) is 5.32 Å². The van der Waals surface area contributed by atoms with E-state index in [0.717, 1.165) is 5.56 Å². The maximum atomic E-state index is 12.3. The zero-order valence-corrected chi connectivity index (χ0v) is 15.3. The van der Waals surface area contributed by atoms with Crippen LogP contribution in [0.25, 0.3) is 0 Å². The number of carbonyl (C=O) groups excluding carboxylic acids is 1. The van der Waals surface area contributed by atoms with Crippen LogP contribution in [0.15, 0.2) is 47.4 Å². The zero-order chi connectivity index (χ0) is 17.9. The Morgan fingerprint density at radius 3 is 2.12 bits per heavy atom. The highest BCUT2D eigenvalue weighted by molar-refractivity contribution is 7.89. The second-order valence-corrected chi connectivity index (χ2v) is 7.89. The van der Waals surface area contributed by atoms with Crippen molar-refractivity contribution in [3.63, 3.8) is 0 Å². The lowest BCUT2D eigenvalue weighted by Gasteiger charge is -2.15. The van der Waals surface area contributed by atoms with Crippen LogP contribution >= 0.6 is 23.2 Å². The second-order valence-electron chi connectivity index (χ2n) is 5.30. The van der Waals surface area contributed by atoms with Gasteiger partial charge in [-0.2, -0.15) is 4.72 Å². The van der Waals surface area contributed by atoms with E-state index >= 15 is 0 Å². The van der Waals surface area contributed by atoms with Crippen LogP contribution in [0.3, 0.4) is 0 Å². The van der Waals surface area contributed by atoms with Crippen molar-refractivity contribution < 1.29 is 13.2 Å². The highest BCUT2D eigenvalue weighted by atomic mass is 35.5. The first-order chi connectivity index (χ1) is 11.2. The molecule has 2 N–H and O–H groups in total. The van der Waals surface area contributed by atoms with Crippen molar-refractivity contribution in [3.8, 4) is 0 Å². The number of carbonyl (C=O) groups is 1. The van der Waals surface area contributed by atoms with E-state index in [1.165, 1.54) is 37.3 Å². The largest absolute Gasteiger partial charge is 0.325 e. The van der Waals surface area contributed by atoms with Crippen molar-refractivity contribution in [1.82, 2.24) is 4.72 Å². The third kappa shape index (κ3) is 4.95. The first kappa shape index (κ1) is 18.7. The lowest BCUT2D eigenvalue weighted by atomic mass is 10.2. The Bertz CT molecular complexity index is 832. The highest BCUT2D eigenvalue weighted by Crippen LogP contribution is 2.22. The summed E-state index contributed by atoms with van der Waals surface area (Å²) in [7, 11) is -3.79. The fraction of sp³-hybridized carbons (Fsp3) is 0.188. The molecule has 0 heterocycles. The summed E-state index contributed by atoms with van der Waals surface area (Å²) < 4.78 is 26.9. The lowest BCUT2D eigenvalue weighted by molar-refractivity contribution is -0.117. The second kappa shape index (κ2) is 7.53. The number of hydrogen-bond donors (Lipinski definition) is 2. The molecule has 0 aliphatic rings. The monoisotopic (exact) mass is 386 g/mol. The standard InChI is InChI=1S/C16H16Cl2N2O3S/c1-10-3-5-15(6-4-10)24(22,23)20-11(2)16(21)19-14-8-12(17)7-13(18)9-14/h3-9,11,20H,1-2H3,(H,19,21)/t11-/m0/s1. The number of nitrogens with one attached hydrogen (secondary N) is 2. The van der Waals surface area contributed by atoms with E-state index in [4.69, 9.17) is 23.2 Å².